The number of carbonyl (C=O) groups excluding carboxylic acids is 1. The fourth-order valence-corrected chi connectivity index (χ4v) is 3.27. The first-order chi connectivity index (χ1) is 9.66. The standard InChI is InChI=1S/C15H24N2O3/c1-3-20-12-9-11(13(12)19-2)17-14(18)15(10-16)7-5-4-6-8-15/h11-13H,3-9H2,1-2H3,(H,17,18)/t11-,12+,13-/m0/s1. The molecule has 2 rings (SSSR count). The van der Waals surface area contributed by atoms with Crippen LogP contribution in [0, 0.1) is 16.7 Å². The second-order valence-corrected chi connectivity index (χ2v) is 5.76. The maximum Gasteiger partial charge on any atom is 0.240 e. The molecule has 0 aliphatic heterocycles. The molecule has 0 unspecified atom stereocenters. The highest BCUT2D eigenvalue weighted by atomic mass is 16.5. The summed E-state index contributed by atoms with van der Waals surface area (Å²) in [5, 5.41) is 12.4. The summed E-state index contributed by atoms with van der Waals surface area (Å²) in [4.78, 5) is 12.5. The minimum Gasteiger partial charge on any atom is -0.377 e. The Morgan fingerprint density at radius 1 is 1.40 bits per heavy atom. The van der Waals surface area contributed by atoms with Crippen LogP contribution in [-0.2, 0) is 14.3 Å². The second kappa shape index (κ2) is 6.55. The van der Waals surface area contributed by atoms with Gasteiger partial charge in [0.2, 0.25) is 5.91 Å². The van der Waals surface area contributed by atoms with Crippen molar-refractivity contribution in [2.45, 2.75) is 63.7 Å². The van der Waals surface area contributed by atoms with E-state index in [2.05, 4.69) is 11.4 Å². The lowest BCUT2D eigenvalue weighted by Crippen LogP contribution is -2.62. The first-order valence-electron chi connectivity index (χ1n) is 7.53. The van der Waals surface area contributed by atoms with Gasteiger partial charge in [-0.05, 0) is 26.2 Å². The topological polar surface area (TPSA) is 71.3 Å². The molecular formula is C15H24N2O3. The van der Waals surface area contributed by atoms with Crippen molar-refractivity contribution < 1.29 is 14.3 Å². The number of nitriles is 1. The van der Waals surface area contributed by atoms with Crippen molar-refractivity contribution in [2.24, 2.45) is 5.41 Å². The van der Waals surface area contributed by atoms with Crippen molar-refractivity contribution in [1.29, 1.82) is 5.26 Å². The minimum absolute atomic E-state index is 0.0313. The summed E-state index contributed by atoms with van der Waals surface area (Å²) >= 11 is 0. The van der Waals surface area contributed by atoms with Crippen molar-refractivity contribution in [3.05, 3.63) is 0 Å². The third-order valence-electron chi connectivity index (χ3n) is 4.57. The molecule has 2 aliphatic carbocycles. The van der Waals surface area contributed by atoms with Crippen molar-refractivity contribution in [3.63, 3.8) is 0 Å². The Morgan fingerprint density at radius 3 is 2.65 bits per heavy atom. The average Bonchev–Trinajstić information content (AvgIpc) is 2.47. The molecule has 1 amide bonds. The van der Waals surface area contributed by atoms with E-state index in [-0.39, 0.29) is 24.2 Å². The van der Waals surface area contributed by atoms with Gasteiger partial charge < -0.3 is 14.8 Å². The van der Waals surface area contributed by atoms with Crippen molar-refractivity contribution >= 4 is 5.91 Å². The number of nitrogens with zero attached hydrogens (tertiary/aromatic N) is 1. The molecule has 3 atom stereocenters. The third kappa shape index (κ3) is 2.82. The number of carbonyl (C=O) groups is 1. The zero-order valence-electron chi connectivity index (χ0n) is 12.4. The van der Waals surface area contributed by atoms with Gasteiger partial charge in [-0.2, -0.15) is 5.26 Å². The van der Waals surface area contributed by atoms with E-state index in [1.807, 2.05) is 6.92 Å². The fourth-order valence-electron chi connectivity index (χ4n) is 3.27. The largest absolute Gasteiger partial charge is 0.377 e. The van der Waals surface area contributed by atoms with Crippen LogP contribution in [-0.4, -0.2) is 37.9 Å². The number of hydrogen-bond donors (Lipinski definition) is 1. The minimum atomic E-state index is -0.826. The van der Waals surface area contributed by atoms with Gasteiger partial charge in [0.15, 0.2) is 0 Å². The Kier molecular flexibility index (Phi) is 5.00. The molecule has 0 spiro atoms. The van der Waals surface area contributed by atoms with E-state index in [1.165, 1.54) is 0 Å². The normalized spacial score (nSPS) is 31.9. The summed E-state index contributed by atoms with van der Waals surface area (Å²) in [6.45, 7) is 2.60. The molecule has 0 aromatic rings. The van der Waals surface area contributed by atoms with Gasteiger partial charge in [0, 0.05) is 13.7 Å². The Morgan fingerprint density at radius 2 is 2.10 bits per heavy atom. The van der Waals surface area contributed by atoms with Gasteiger partial charge in [-0.1, -0.05) is 19.3 Å². The number of methoxy groups -OCH3 is 1. The lowest BCUT2D eigenvalue weighted by atomic mass is 9.73. The molecular weight excluding hydrogens is 256 g/mol. The van der Waals surface area contributed by atoms with Crippen molar-refractivity contribution in [1.82, 2.24) is 5.32 Å². The number of ether oxygens (including phenoxy) is 2. The molecule has 0 saturated heterocycles. The predicted octanol–water partition coefficient (Wildman–Crippen LogP) is 1.77. The molecule has 2 aliphatic rings. The highest BCUT2D eigenvalue weighted by Gasteiger charge is 2.47. The fraction of sp³-hybridized carbons (Fsp3) is 0.867. The van der Waals surface area contributed by atoms with E-state index >= 15 is 0 Å². The highest BCUT2D eigenvalue weighted by Crippen LogP contribution is 2.37. The number of nitrogens with one attached hydrogen (secondary N) is 1. The lowest BCUT2D eigenvalue weighted by Gasteiger charge is -2.44. The molecule has 0 bridgehead atoms. The second-order valence-electron chi connectivity index (χ2n) is 5.76. The van der Waals surface area contributed by atoms with Crippen LogP contribution in [0.4, 0.5) is 0 Å². The third-order valence-corrected chi connectivity index (χ3v) is 4.57. The van der Waals surface area contributed by atoms with Crippen LogP contribution in [0.5, 0.6) is 0 Å². The molecule has 5 nitrogen and oxygen atoms in total. The van der Waals surface area contributed by atoms with Crippen LogP contribution in [0.2, 0.25) is 0 Å². The lowest BCUT2D eigenvalue weighted by molar-refractivity contribution is -0.148. The summed E-state index contributed by atoms with van der Waals surface area (Å²) in [5.74, 6) is -0.123. The monoisotopic (exact) mass is 280 g/mol. The van der Waals surface area contributed by atoms with Gasteiger partial charge in [-0.25, -0.2) is 0 Å². The maximum absolute atomic E-state index is 12.5. The molecule has 0 aromatic heterocycles. The molecule has 0 aromatic carbocycles. The summed E-state index contributed by atoms with van der Waals surface area (Å²) < 4.78 is 10.9. The Balaban J connectivity index is 1.93. The number of hydrogen-bond acceptors (Lipinski definition) is 4. The van der Waals surface area contributed by atoms with Crippen LogP contribution in [0.15, 0.2) is 0 Å². The average molecular weight is 280 g/mol. The molecule has 112 valence electrons. The smallest absolute Gasteiger partial charge is 0.240 e. The molecule has 5 heteroatoms. The molecule has 0 radical (unpaired) electrons. The molecule has 2 saturated carbocycles. The van der Waals surface area contributed by atoms with E-state index in [9.17, 15) is 10.1 Å². The van der Waals surface area contributed by atoms with Gasteiger partial charge in [-0.15, -0.1) is 0 Å². The van der Waals surface area contributed by atoms with Crippen LogP contribution >= 0.6 is 0 Å². The van der Waals surface area contributed by atoms with Gasteiger partial charge in [0.25, 0.3) is 0 Å². The summed E-state index contributed by atoms with van der Waals surface area (Å²) in [6.07, 6.45) is 5.11. The highest BCUT2D eigenvalue weighted by molar-refractivity contribution is 5.85. The zero-order valence-corrected chi connectivity index (χ0v) is 12.4. The summed E-state index contributed by atoms with van der Waals surface area (Å²) in [6, 6.07) is 2.22. The first-order valence-corrected chi connectivity index (χ1v) is 7.53. The molecule has 1 N–H and O–H groups in total. The maximum atomic E-state index is 12.5. The Labute approximate surface area is 120 Å². The van der Waals surface area contributed by atoms with E-state index in [4.69, 9.17) is 9.47 Å². The van der Waals surface area contributed by atoms with Crippen molar-refractivity contribution in [3.8, 4) is 6.07 Å². The van der Waals surface area contributed by atoms with Gasteiger partial charge in [0.05, 0.1) is 18.2 Å². The molecule has 20 heavy (non-hydrogen) atoms. The summed E-state index contributed by atoms with van der Waals surface area (Å²) in [7, 11) is 1.63. The molecule has 2 fully saturated rings. The van der Waals surface area contributed by atoms with Crippen LogP contribution < -0.4 is 5.32 Å². The van der Waals surface area contributed by atoms with Gasteiger partial charge in [0.1, 0.15) is 11.5 Å². The van der Waals surface area contributed by atoms with Gasteiger partial charge >= 0.3 is 0 Å². The van der Waals surface area contributed by atoms with Crippen LogP contribution in [0.25, 0.3) is 0 Å². The summed E-state index contributed by atoms with van der Waals surface area (Å²) in [5.41, 5.74) is -0.826. The van der Waals surface area contributed by atoms with E-state index < -0.39 is 5.41 Å². The SMILES string of the molecule is CCO[C@@H]1C[C@H](NC(=O)C2(C#N)CCCCC2)[C@@H]1OC. The van der Waals surface area contributed by atoms with E-state index in [1.54, 1.807) is 7.11 Å². The van der Waals surface area contributed by atoms with Crippen LogP contribution in [0.1, 0.15) is 45.4 Å². The van der Waals surface area contributed by atoms with E-state index in [0.717, 1.165) is 25.7 Å². The number of amides is 1. The van der Waals surface area contributed by atoms with Crippen LogP contribution in [0.3, 0.4) is 0 Å². The quantitative estimate of drug-likeness (QED) is 0.833. The van der Waals surface area contributed by atoms with E-state index in [0.29, 0.717) is 19.4 Å². The predicted molar refractivity (Wildman–Crippen MR) is 73.9 cm³/mol. The Hall–Kier alpha value is -1.12. The van der Waals surface area contributed by atoms with Gasteiger partial charge in [-0.3, -0.25) is 4.79 Å². The Bertz CT molecular complexity index is 385. The number of rotatable bonds is 5. The van der Waals surface area contributed by atoms with Crippen molar-refractivity contribution in [2.75, 3.05) is 13.7 Å². The first kappa shape index (κ1) is 15.3. The zero-order chi connectivity index (χ0) is 14.6. The molecule has 0 heterocycles.